The molecule has 0 bridgehead atoms. The molecule has 0 aromatic carbocycles. The van der Waals surface area contributed by atoms with E-state index in [0.29, 0.717) is 6.42 Å². The Morgan fingerprint density at radius 1 is 1.54 bits per heavy atom. The SMILES string of the molecule is C=C(C)C/C=C1/CCC(=O)/C1=C/C. The molecule has 0 unspecified atom stereocenters. The van der Waals surface area contributed by atoms with Crippen LogP contribution in [0.2, 0.25) is 0 Å². The van der Waals surface area contributed by atoms with Crippen molar-refractivity contribution in [3.05, 3.63) is 35.5 Å². The molecule has 0 radical (unpaired) electrons. The van der Waals surface area contributed by atoms with Crippen molar-refractivity contribution in [1.82, 2.24) is 0 Å². The molecule has 0 atom stereocenters. The van der Waals surface area contributed by atoms with E-state index in [4.69, 9.17) is 0 Å². The number of carbonyl (C=O) groups is 1. The molecule has 1 rings (SSSR count). The Bertz CT molecular complexity index is 292. The number of ketones is 1. The number of allylic oxidation sites excluding steroid dienone is 5. The van der Waals surface area contributed by atoms with Gasteiger partial charge in [0, 0.05) is 12.0 Å². The predicted octanol–water partition coefficient (Wildman–Crippen LogP) is 3.19. The molecule has 13 heavy (non-hydrogen) atoms. The molecule has 1 aliphatic rings. The van der Waals surface area contributed by atoms with Gasteiger partial charge in [-0.3, -0.25) is 4.79 Å². The van der Waals surface area contributed by atoms with Crippen LogP contribution in [-0.2, 0) is 4.79 Å². The minimum absolute atomic E-state index is 0.287. The van der Waals surface area contributed by atoms with Gasteiger partial charge < -0.3 is 0 Å². The summed E-state index contributed by atoms with van der Waals surface area (Å²) in [5.41, 5.74) is 3.26. The summed E-state index contributed by atoms with van der Waals surface area (Å²) in [6.45, 7) is 7.76. The molecule has 0 aromatic heterocycles. The number of Topliss-reactive ketones (excluding diaryl/α,β-unsaturated/α-hetero) is 1. The maximum Gasteiger partial charge on any atom is 0.163 e. The first kappa shape index (κ1) is 9.97. The molecule has 0 spiro atoms. The third-order valence-corrected chi connectivity index (χ3v) is 2.25. The van der Waals surface area contributed by atoms with Crippen LogP contribution in [0, 0.1) is 0 Å². The minimum atomic E-state index is 0.287. The van der Waals surface area contributed by atoms with E-state index in [1.54, 1.807) is 0 Å². The molecule has 1 heteroatoms. The van der Waals surface area contributed by atoms with Gasteiger partial charge in [0.15, 0.2) is 5.78 Å². The van der Waals surface area contributed by atoms with Crippen LogP contribution < -0.4 is 0 Å². The summed E-state index contributed by atoms with van der Waals surface area (Å²) in [6, 6.07) is 0. The van der Waals surface area contributed by atoms with E-state index in [9.17, 15) is 4.79 Å². The molecule has 1 saturated carbocycles. The third-order valence-electron chi connectivity index (χ3n) is 2.25. The van der Waals surface area contributed by atoms with Gasteiger partial charge in [0.2, 0.25) is 0 Å². The predicted molar refractivity (Wildman–Crippen MR) is 55.5 cm³/mol. The Kier molecular flexibility index (Phi) is 3.24. The average molecular weight is 176 g/mol. The number of carbonyl (C=O) groups excluding carboxylic acids is 1. The Balaban J connectivity index is 2.76. The maximum absolute atomic E-state index is 11.3. The van der Waals surface area contributed by atoms with Crippen molar-refractivity contribution >= 4 is 5.78 Å². The first-order valence-corrected chi connectivity index (χ1v) is 4.68. The van der Waals surface area contributed by atoms with Crippen molar-refractivity contribution in [2.45, 2.75) is 33.1 Å². The summed E-state index contributed by atoms with van der Waals surface area (Å²) in [7, 11) is 0. The molecule has 1 aliphatic carbocycles. The van der Waals surface area contributed by atoms with E-state index in [0.717, 1.165) is 24.0 Å². The van der Waals surface area contributed by atoms with Gasteiger partial charge >= 0.3 is 0 Å². The molecular weight excluding hydrogens is 160 g/mol. The maximum atomic E-state index is 11.3. The van der Waals surface area contributed by atoms with Crippen LogP contribution in [0.4, 0.5) is 0 Å². The molecule has 1 fully saturated rings. The second-order valence-electron chi connectivity index (χ2n) is 3.52. The largest absolute Gasteiger partial charge is 0.294 e. The van der Waals surface area contributed by atoms with Crippen molar-refractivity contribution in [2.75, 3.05) is 0 Å². The Labute approximate surface area is 79.8 Å². The second-order valence-corrected chi connectivity index (χ2v) is 3.52. The van der Waals surface area contributed by atoms with Gasteiger partial charge in [0.05, 0.1) is 0 Å². The zero-order valence-corrected chi connectivity index (χ0v) is 8.39. The molecule has 1 nitrogen and oxygen atoms in total. The quantitative estimate of drug-likeness (QED) is 0.466. The number of hydrogen-bond donors (Lipinski definition) is 0. The summed E-state index contributed by atoms with van der Waals surface area (Å²) < 4.78 is 0. The van der Waals surface area contributed by atoms with E-state index in [1.165, 1.54) is 5.57 Å². The molecule has 0 N–H and O–H groups in total. The van der Waals surface area contributed by atoms with Crippen molar-refractivity contribution in [2.24, 2.45) is 0 Å². The average Bonchev–Trinajstić information content (AvgIpc) is 2.42. The van der Waals surface area contributed by atoms with Gasteiger partial charge in [0.1, 0.15) is 0 Å². The molecule has 70 valence electrons. The summed E-state index contributed by atoms with van der Waals surface area (Å²) in [6.07, 6.45) is 6.52. The molecule has 0 aromatic rings. The first-order chi connectivity index (χ1) is 6.15. The van der Waals surface area contributed by atoms with Gasteiger partial charge in [0.25, 0.3) is 0 Å². The van der Waals surface area contributed by atoms with Crippen molar-refractivity contribution in [3.8, 4) is 0 Å². The van der Waals surface area contributed by atoms with Gasteiger partial charge in [-0.2, -0.15) is 0 Å². The van der Waals surface area contributed by atoms with Gasteiger partial charge in [-0.05, 0) is 32.3 Å². The van der Waals surface area contributed by atoms with Crippen LogP contribution in [0.5, 0.6) is 0 Å². The van der Waals surface area contributed by atoms with Crippen molar-refractivity contribution in [1.29, 1.82) is 0 Å². The van der Waals surface area contributed by atoms with Gasteiger partial charge in [-0.15, -0.1) is 0 Å². The van der Waals surface area contributed by atoms with E-state index < -0.39 is 0 Å². The standard InChI is InChI=1S/C12H16O/c1-4-11-10(6-5-9(2)3)7-8-12(11)13/h4,6H,2,5,7-8H2,1,3H3/b10-6-,11-4+. The summed E-state index contributed by atoms with van der Waals surface area (Å²) >= 11 is 0. The third kappa shape index (κ3) is 2.41. The fraction of sp³-hybridized carbons (Fsp3) is 0.417. The topological polar surface area (TPSA) is 17.1 Å². The van der Waals surface area contributed by atoms with Gasteiger partial charge in [-0.25, -0.2) is 0 Å². The fourth-order valence-corrected chi connectivity index (χ4v) is 1.55. The monoisotopic (exact) mass is 176 g/mol. The lowest BCUT2D eigenvalue weighted by Crippen LogP contribution is -1.91. The van der Waals surface area contributed by atoms with E-state index >= 15 is 0 Å². The van der Waals surface area contributed by atoms with Crippen molar-refractivity contribution < 1.29 is 4.79 Å². The summed E-state index contributed by atoms with van der Waals surface area (Å²) in [5.74, 6) is 0.287. The number of rotatable bonds is 2. The highest BCUT2D eigenvalue weighted by Gasteiger charge is 2.20. The van der Waals surface area contributed by atoms with E-state index in [2.05, 4.69) is 12.7 Å². The molecular formula is C12H16O. The van der Waals surface area contributed by atoms with Crippen LogP contribution in [-0.4, -0.2) is 5.78 Å². The number of hydrogen-bond acceptors (Lipinski definition) is 1. The van der Waals surface area contributed by atoms with Gasteiger partial charge in [-0.1, -0.05) is 24.3 Å². The molecule has 0 amide bonds. The van der Waals surface area contributed by atoms with E-state index in [1.807, 2.05) is 19.9 Å². The summed E-state index contributed by atoms with van der Waals surface area (Å²) in [4.78, 5) is 11.3. The molecule has 0 heterocycles. The fourth-order valence-electron chi connectivity index (χ4n) is 1.55. The lowest BCUT2D eigenvalue weighted by Gasteiger charge is -1.98. The normalized spacial score (nSPS) is 23.1. The lowest BCUT2D eigenvalue weighted by atomic mass is 10.1. The van der Waals surface area contributed by atoms with E-state index in [-0.39, 0.29) is 5.78 Å². The highest BCUT2D eigenvalue weighted by Crippen LogP contribution is 2.27. The Morgan fingerprint density at radius 3 is 2.77 bits per heavy atom. The Hall–Kier alpha value is -1.11. The zero-order valence-electron chi connectivity index (χ0n) is 8.39. The van der Waals surface area contributed by atoms with Crippen molar-refractivity contribution in [3.63, 3.8) is 0 Å². The molecule has 0 saturated heterocycles. The highest BCUT2D eigenvalue weighted by molar-refractivity contribution is 6.02. The minimum Gasteiger partial charge on any atom is -0.294 e. The second kappa shape index (κ2) is 4.22. The Morgan fingerprint density at radius 2 is 2.23 bits per heavy atom. The zero-order chi connectivity index (χ0) is 9.84. The first-order valence-electron chi connectivity index (χ1n) is 4.68. The smallest absolute Gasteiger partial charge is 0.163 e. The highest BCUT2D eigenvalue weighted by atomic mass is 16.1. The van der Waals surface area contributed by atoms with Crippen LogP contribution >= 0.6 is 0 Å². The lowest BCUT2D eigenvalue weighted by molar-refractivity contribution is -0.114. The summed E-state index contributed by atoms with van der Waals surface area (Å²) in [5, 5.41) is 0. The van der Waals surface area contributed by atoms with Crippen LogP contribution in [0.3, 0.4) is 0 Å². The van der Waals surface area contributed by atoms with Crippen LogP contribution in [0.25, 0.3) is 0 Å². The molecule has 0 aliphatic heterocycles. The van der Waals surface area contributed by atoms with Crippen LogP contribution in [0.15, 0.2) is 35.5 Å². The van der Waals surface area contributed by atoms with Crippen LogP contribution in [0.1, 0.15) is 33.1 Å².